The summed E-state index contributed by atoms with van der Waals surface area (Å²) in [5, 5.41) is 3.95. The molecule has 0 saturated heterocycles. The Morgan fingerprint density at radius 2 is 1.67 bits per heavy atom. The van der Waals surface area contributed by atoms with Gasteiger partial charge in [-0.3, -0.25) is 4.79 Å². The van der Waals surface area contributed by atoms with Crippen LogP contribution in [0.25, 0.3) is 0 Å². The van der Waals surface area contributed by atoms with Crippen molar-refractivity contribution in [2.75, 3.05) is 26.9 Å². The van der Waals surface area contributed by atoms with Crippen molar-refractivity contribution in [3.63, 3.8) is 0 Å². The number of hydrogen-bond acceptors (Lipinski definition) is 6. The molecule has 0 atom stereocenters. The van der Waals surface area contributed by atoms with Crippen molar-refractivity contribution in [3.8, 4) is 23.0 Å². The Morgan fingerprint density at radius 1 is 1.00 bits per heavy atom. The molecule has 27 heavy (non-hydrogen) atoms. The number of hydrogen-bond donors (Lipinski definition) is 1. The second kappa shape index (κ2) is 10.7. The number of hydrazone groups is 1. The predicted octanol–water partition coefficient (Wildman–Crippen LogP) is 3.02. The van der Waals surface area contributed by atoms with E-state index in [4.69, 9.17) is 18.9 Å². The number of carbonyl (C=O) groups is 1. The summed E-state index contributed by atoms with van der Waals surface area (Å²) < 4.78 is 21.6. The normalized spacial score (nSPS) is 10.5. The molecule has 0 unspecified atom stereocenters. The Morgan fingerprint density at radius 3 is 2.30 bits per heavy atom. The maximum absolute atomic E-state index is 11.9. The summed E-state index contributed by atoms with van der Waals surface area (Å²) in [6.45, 7) is 4.73. The first-order valence-electron chi connectivity index (χ1n) is 8.65. The van der Waals surface area contributed by atoms with E-state index >= 15 is 0 Å². The first-order valence-corrected chi connectivity index (χ1v) is 8.65. The van der Waals surface area contributed by atoms with Crippen LogP contribution >= 0.6 is 0 Å². The number of amides is 1. The summed E-state index contributed by atoms with van der Waals surface area (Å²) in [6.07, 6.45) is 1.50. The lowest BCUT2D eigenvalue weighted by Crippen LogP contribution is -2.24. The molecule has 0 saturated carbocycles. The van der Waals surface area contributed by atoms with Crippen molar-refractivity contribution in [1.29, 1.82) is 0 Å². The Hall–Kier alpha value is -3.22. The van der Waals surface area contributed by atoms with Crippen LogP contribution in [0.2, 0.25) is 0 Å². The monoisotopic (exact) mass is 372 g/mol. The fourth-order valence-electron chi connectivity index (χ4n) is 2.25. The number of benzene rings is 2. The van der Waals surface area contributed by atoms with Crippen LogP contribution in [0, 0.1) is 0 Å². The molecule has 0 bridgehead atoms. The standard InChI is InChI=1S/C20H24N2O5/c1-4-25-16-9-11-17(12-10-16)27-14-19(23)22-21-13-15-7-6-8-18(24-3)20(15)26-5-2/h6-13H,4-5,14H2,1-3H3,(H,22,23)/b21-13+. The number of nitrogens with zero attached hydrogens (tertiary/aromatic N) is 1. The highest BCUT2D eigenvalue weighted by molar-refractivity contribution is 5.86. The van der Waals surface area contributed by atoms with Gasteiger partial charge in [0, 0.05) is 5.56 Å². The van der Waals surface area contributed by atoms with E-state index in [2.05, 4.69) is 10.5 Å². The van der Waals surface area contributed by atoms with Gasteiger partial charge in [0.2, 0.25) is 0 Å². The molecule has 1 amide bonds. The van der Waals surface area contributed by atoms with E-state index in [1.807, 2.05) is 26.0 Å². The lowest BCUT2D eigenvalue weighted by Gasteiger charge is -2.11. The van der Waals surface area contributed by atoms with Crippen LogP contribution in [-0.2, 0) is 4.79 Å². The number of nitrogens with one attached hydrogen (secondary N) is 1. The van der Waals surface area contributed by atoms with Gasteiger partial charge >= 0.3 is 0 Å². The van der Waals surface area contributed by atoms with Crippen LogP contribution < -0.4 is 24.4 Å². The summed E-state index contributed by atoms with van der Waals surface area (Å²) in [7, 11) is 1.57. The third kappa shape index (κ3) is 6.22. The third-order valence-corrected chi connectivity index (χ3v) is 3.42. The van der Waals surface area contributed by atoms with Crippen molar-refractivity contribution in [1.82, 2.24) is 5.43 Å². The molecule has 0 aliphatic heterocycles. The maximum Gasteiger partial charge on any atom is 0.277 e. The fraction of sp³-hybridized carbons (Fsp3) is 0.300. The van der Waals surface area contributed by atoms with Gasteiger partial charge in [0.25, 0.3) is 5.91 Å². The number of rotatable bonds is 10. The summed E-state index contributed by atoms with van der Waals surface area (Å²) in [6, 6.07) is 12.5. The molecular formula is C20H24N2O5. The number of ether oxygens (including phenoxy) is 4. The van der Waals surface area contributed by atoms with Crippen LogP contribution in [-0.4, -0.2) is 39.1 Å². The van der Waals surface area contributed by atoms with Crippen molar-refractivity contribution < 1.29 is 23.7 Å². The zero-order chi connectivity index (χ0) is 19.5. The summed E-state index contributed by atoms with van der Waals surface area (Å²) in [4.78, 5) is 11.9. The van der Waals surface area contributed by atoms with E-state index in [0.29, 0.717) is 36.0 Å². The second-order valence-electron chi connectivity index (χ2n) is 5.30. The minimum Gasteiger partial charge on any atom is -0.494 e. The largest absolute Gasteiger partial charge is 0.494 e. The Labute approximate surface area is 158 Å². The molecular weight excluding hydrogens is 348 g/mol. The highest BCUT2D eigenvalue weighted by atomic mass is 16.5. The quantitative estimate of drug-likeness (QED) is 0.512. The minimum atomic E-state index is -0.374. The van der Waals surface area contributed by atoms with Gasteiger partial charge in [0.15, 0.2) is 18.1 Å². The lowest BCUT2D eigenvalue weighted by molar-refractivity contribution is -0.123. The van der Waals surface area contributed by atoms with Crippen molar-refractivity contribution in [2.45, 2.75) is 13.8 Å². The Balaban J connectivity index is 1.88. The van der Waals surface area contributed by atoms with E-state index < -0.39 is 0 Å². The highest BCUT2D eigenvalue weighted by Gasteiger charge is 2.08. The summed E-state index contributed by atoms with van der Waals surface area (Å²) >= 11 is 0. The van der Waals surface area contributed by atoms with Gasteiger partial charge in [-0.05, 0) is 50.2 Å². The molecule has 0 aliphatic carbocycles. The molecule has 2 aromatic carbocycles. The van der Waals surface area contributed by atoms with Gasteiger partial charge in [0.05, 0.1) is 26.5 Å². The molecule has 0 aromatic heterocycles. The first-order chi connectivity index (χ1) is 13.2. The van der Waals surface area contributed by atoms with Crippen molar-refractivity contribution in [3.05, 3.63) is 48.0 Å². The lowest BCUT2D eigenvalue weighted by atomic mass is 10.2. The number of para-hydroxylation sites is 1. The van der Waals surface area contributed by atoms with Crippen LogP contribution in [0.5, 0.6) is 23.0 Å². The molecule has 7 nitrogen and oxygen atoms in total. The van der Waals surface area contributed by atoms with E-state index in [9.17, 15) is 4.79 Å². The Kier molecular flexibility index (Phi) is 7.96. The van der Waals surface area contributed by atoms with E-state index in [1.54, 1.807) is 37.4 Å². The fourth-order valence-corrected chi connectivity index (χ4v) is 2.25. The molecule has 0 heterocycles. The molecule has 0 spiro atoms. The molecule has 7 heteroatoms. The Bertz CT molecular complexity index is 759. The van der Waals surface area contributed by atoms with Crippen LogP contribution in [0.3, 0.4) is 0 Å². The predicted molar refractivity (Wildman–Crippen MR) is 103 cm³/mol. The molecule has 0 fully saturated rings. The van der Waals surface area contributed by atoms with E-state index in [0.717, 1.165) is 5.75 Å². The SMILES string of the molecule is CCOc1ccc(OCC(=O)N/N=C/c2cccc(OC)c2OCC)cc1. The minimum absolute atomic E-state index is 0.151. The first kappa shape index (κ1) is 20.1. The zero-order valence-corrected chi connectivity index (χ0v) is 15.7. The van der Waals surface area contributed by atoms with Gasteiger partial charge in [-0.25, -0.2) is 5.43 Å². The van der Waals surface area contributed by atoms with Crippen molar-refractivity contribution >= 4 is 12.1 Å². The van der Waals surface area contributed by atoms with Gasteiger partial charge in [0.1, 0.15) is 11.5 Å². The smallest absolute Gasteiger partial charge is 0.277 e. The summed E-state index contributed by atoms with van der Waals surface area (Å²) in [5.74, 6) is 2.13. The molecule has 0 radical (unpaired) electrons. The zero-order valence-electron chi connectivity index (χ0n) is 15.7. The summed E-state index contributed by atoms with van der Waals surface area (Å²) in [5.41, 5.74) is 3.12. The number of methoxy groups -OCH3 is 1. The maximum atomic E-state index is 11.9. The van der Waals surface area contributed by atoms with Gasteiger partial charge < -0.3 is 18.9 Å². The van der Waals surface area contributed by atoms with Gasteiger partial charge in [-0.1, -0.05) is 6.07 Å². The number of carbonyl (C=O) groups excluding carboxylic acids is 1. The average molecular weight is 372 g/mol. The average Bonchev–Trinajstić information content (AvgIpc) is 2.69. The second-order valence-corrected chi connectivity index (χ2v) is 5.30. The molecule has 144 valence electrons. The van der Waals surface area contributed by atoms with Crippen LogP contribution in [0.15, 0.2) is 47.6 Å². The van der Waals surface area contributed by atoms with Crippen molar-refractivity contribution in [2.24, 2.45) is 5.10 Å². The molecule has 2 rings (SSSR count). The van der Waals surface area contributed by atoms with Crippen LogP contribution in [0.4, 0.5) is 0 Å². The third-order valence-electron chi connectivity index (χ3n) is 3.42. The molecule has 0 aliphatic rings. The van der Waals surface area contributed by atoms with Crippen LogP contribution in [0.1, 0.15) is 19.4 Å². The van der Waals surface area contributed by atoms with Gasteiger partial charge in [-0.15, -0.1) is 0 Å². The molecule has 2 aromatic rings. The topological polar surface area (TPSA) is 78.4 Å². The molecule has 1 N–H and O–H groups in total. The van der Waals surface area contributed by atoms with Gasteiger partial charge in [-0.2, -0.15) is 5.10 Å². The van der Waals surface area contributed by atoms with E-state index in [1.165, 1.54) is 6.21 Å². The van der Waals surface area contributed by atoms with E-state index in [-0.39, 0.29) is 12.5 Å². The highest BCUT2D eigenvalue weighted by Crippen LogP contribution is 2.29.